The summed E-state index contributed by atoms with van der Waals surface area (Å²) in [6, 6.07) is -1.27. The van der Waals surface area contributed by atoms with Gasteiger partial charge in [-0.1, -0.05) is 64.2 Å². The SMILES string of the molecule is O=C(CCCCCCCCCCC1CC1)NCC(=O)N[C@@H]1[C@@H](O)[C@@H](O)[C@@H](Nc2ncnc3nc[nH]c23)O[C@H]1[C@@H](O)CO. The van der Waals surface area contributed by atoms with E-state index in [0.29, 0.717) is 17.6 Å². The highest BCUT2D eigenvalue weighted by atomic mass is 16.5. The van der Waals surface area contributed by atoms with E-state index in [0.717, 1.165) is 25.2 Å². The van der Waals surface area contributed by atoms with E-state index < -0.39 is 49.2 Å². The minimum absolute atomic E-state index is 0.232. The molecule has 0 bridgehead atoms. The largest absolute Gasteiger partial charge is 0.394 e. The summed E-state index contributed by atoms with van der Waals surface area (Å²) in [6.45, 7) is -1.07. The fraction of sp³-hybridized carbons (Fsp3) is 0.750. The van der Waals surface area contributed by atoms with Gasteiger partial charge in [0.15, 0.2) is 17.7 Å². The zero-order valence-corrected chi connectivity index (χ0v) is 24.0. The third-order valence-corrected chi connectivity index (χ3v) is 7.99. The first-order chi connectivity index (χ1) is 20.4. The number of rotatable bonds is 18. The zero-order valence-electron chi connectivity index (χ0n) is 24.0. The van der Waals surface area contributed by atoms with Crippen LogP contribution in [0.25, 0.3) is 11.2 Å². The van der Waals surface area contributed by atoms with Crippen molar-refractivity contribution in [1.29, 1.82) is 0 Å². The molecule has 8 N–H and O–H groups in total. The van der Waals surface area contributed by atoms with Crippen LogP contribution in [0.2, 0.25) is 0 Å². The molecule has 1 aliphatic heterocycles. The van der Waals surface area contributed by atoms with Crippen LogP contribution in [-0.4, -0.2) is 102 Å². The number of hydrogen-bond donors (Lipinski definition) is 8. The van der Waals surface area contributed by atoms with Crippen LogP contribution >= 0.6 is 0 Å². The van der Waals surface area contributed by atoms with E-state index in [1.165, 1.54) is 64.0 Å². The molecule has 2 aromatic rings. The summed E-state index contributed by atoms with van der Waals surface area (Å²) in [4.78, 5) is 39.8. The van der Waals surface area contributed by atoms with Gasteiger partial charge < -0.3 is 46.1 Å². The summed E-state index contributed by atoms with van der Waals surface area (Å²) >= 11 is 0. The van der Waals surface area contributed by atoms with E-state index in [2.05, 4.69) is 35.9 Å². The Morgan fingerprint density at radius 2 is 1.69 bits per heavy atom. The molecule has 1 saturated carbocycles. The maximum atomic E-state index is 12.6. The van der Waals surface area contributed by atoms with Crippen LogP contribution in [0.1, 0.15) is 77.0 Å². The number of aliphatic hydroxyl groups excluding tert-OH is 4. The zero-order chi connectivity index (χ0) is 29.9. The second kappa shape index (κ2) is 16.1. The predicted octanol–water partition coefficient (Wildman–Crippen LogP) is 0.477. The highest BCUT2D eigenvalue weighted by Gasteiger charge is 2.48. The van der Waals surface area contributed by atoms with Crippen molar-refractivity contribution in [3.8, 4) is 0 Å². The number of imidazole rings is 1. The highest BCUT2D eigenvalue weighted by Crippen LogP contribution is 2.34. The number of nitrogens with zero attached hydrogens (tertiary/aromatic N) is 3. The average molecular weight is 592 g/mol. The van der Waals surface area contributed by atoms with E-state index in [1.807, 2.05) is 0 Å². The Hall–Kier alpha value is -2.91. The van der Waals surface area contributed by atoms with Crippen LogP contribution in [0.15, 0.2) is 12.7 Å². The molecule has 0 spiro atoms. The van der Waals surface area contributed by atoms with Gasteiger partial charge in [-0.3, -0.25) is 9.59 Å². The molecule has 42 heavy (non-hydrogen) atoms. The number of carbonyl (C=O) groups excluding carboxylic acids is 2. The molecule has 1 aliphatic carbocycles. The lowest BCUT2D eigenvalue weighted by atomic mass is 9.92. The number of unbranched alkanes of at least 4 members (excludes halogenated alkanes) is 7. The van der Waals surface area contributed by atoms with Crippen molar-refractivity contribution in [3.63, 3.8) is 0 Å². The lowest BCUT2D eigenvalue weighted by molar-refractivity contribution is -0.204. The van der Waals surface area contributed by atoms with E-state index in [9.17, 15) is 30.0 Å². The number of ether oxygens (including phenoxy) is 1. The van der Waals surface area contributed by atoms with Gasteiger partial charge in [0.1, 0.15) is 36.3 Å². The number of carbonyl (C=O) groups is 2. The maximum absolute atomic E-state index is 12.6. The van der Waals surface area contributed by atoms with Crippen LogP contribution in [0.5, 0.6) is 0 Å². The molecule has 2 aromatic heterocycles. The Balaban J connectivity index is 1.16. The fourth-order valence-electron chi connectivity index (χ4n) is 5.34. The van der Waals surface area contributed by atoms with Crippen molar-refractivity contribution in [2.24, 2.45) is 5.92 Å². The summed E-state index contributed by atoms with van der Waals surface area (Å²) in [5, 5.41) is 49.5. The highest BCUT2D eigenvalue weighted by molar-refractivity contribution is 5.85. The molecule has 0 unspecified atom stereocenters. The second-order valence-electron chi connectivity index (χ2n) is 11.4. The molecule has 234 valence electrons. The third kappa shape index (κ3) is 9.30. The molecule has 6 atom stereocenters. The van der Waals surface area contributed by atoms with Crippen LogP contribution in [-0.2, 0) is 14.3 Å². The van der Waals surface area contributed by atoms with Crippen molar-refractivity contribution in [2.45, 2.75) is 114 Å². The van der Waals surface area contributed by atoms with Crippen LogP contribution in [0, 0.1) is 5.92 Å². The molecule has 3 heterocycles. The van der Waals surface area contributed by atoms with E-state index in [-0.39, 0.29) is 18.3 Å². The van der Waals surface area contributed by atoms with Crippen LogP contribution in [0.3, 0.4) is 0 Å². The summed E-state index contributed by atoms with van der Waals surface area (Å²) in [7, 11) is 0. The first-order valence-electron chi connectivity index (χ1n) is 15.1. The molecule has 0 radical (unpaired) electrons. The van der Waals surface area contributed by atoms with Gasteiger partial charge in [-0.25, -0.2) is 15.0 Å². The molecule has 4 rings (SSSR count). The Labute approximate surface area is 245 Å². The monoisotopic (exact) mass is 591 g/mol. The molecule has 1 saturated heterocycles. The molecular weight excluding hydrogens is 546 g/mol. The number of nitrogens with one attached hydrogen (secondary N) is 4. The number of anilines is 1. The lowest BCUT2D eigenvalue weighted by Crippen LogP contribution is -2.68. The second-order valence-corrected chi connectivity index (χ2v) is 11.4. The number of hydrogen-bond acceptors (Lipinski definition) is 11. The predicted molar refractivity (Wildman–Crippen MR) is 153 cm³/mol. The fourth-order valence-corrected chi connectivity index (χ4v) is 5.34. The Morgan fingerprint density at radius 1 is 0.976 bits per heavy atom. The van der Waals surface area contributed by atoms with Crippen molar-refractivity contribution in [3.05, 3.63) is 12.7 Å². The van der Waals surface area contributed by atoms with Gasteiger partial charge in [0.05, 0.1) is 25.5 Å². The number of aliphatic hydroxyl groups is 4. The van der Waals surface area contributed by atoms with Crippen molar-refractivity contribution < 1.29 is 34.8 Å². The van der Waals surface area contributed by atoms with Gasteiger partial charge in [0.25, 0.3) is 0 Å². The minimum atomic E-state index is -1.58. The first-order valence-corrected chi connectivity index (χ1v) is 15.1. The topological polar surface area (TPSA) is 215 Å². The summed E-state index contributed by atoms with van der Waals surface area (Å²) < 4.78 is 5.79. The van der Waals surface area contributed by atoms with Gasteiger partial charge in [0, 0.05) is 6.42 Å². The summed E-state index contributed by atoms with van der Waals surface area (Å²) in [5.41, 5.74) is 0.796. The standard InChI is InChI=1S/C28H45N7O7/c36-14-18(37)25-21(23(40)24(41)28(42-25)35-27-22-26(31-15-30-22)32-16-33-27)34-20(39)13-29-19(38)10-8-6-4-2-1-3-5-7-9-17-11-12-17/h15-18,21,23-25,28,36-37,40-41H,1-14H2,(H,29,38)(H,34,39)(H2,30,31,32,33,35)/t18-,21+,23+,24+,25-,28-/m0/s1. The van der Waals surface area contributed by atoms with Gasteiger partial charge in [-0.2, -0.15) is 0 Å². The lowest BCUT2D eigenvalue weighted by Gasteiger charge is -2.44. The van der Waals surface area contributed by atoms with Crippen molar-refractivity contribution in [1.82, 2.24) is 30.6 Å². The average Bonchev–Trinajstić information content (AvgIpc) is 3.69. The number of aromatic nitrogens is 4. The minimum Gasteiger partial charge on any atom is -0.394 e. The van der Waals surface area contributed by atoms with Gasteiger partial charge in [0.2, 0.25) is 11.8 Å². The first kappa shape index (κ1) is 32.0. The van der Waals surface area contributed by atoms with Crippen molar-refractivity contribution in [2.75, 3.05) is 18.5 Å². The molecule has 14 nitrogen and oxygen atoms in total. The number of amides is 2. The van der Waals surface area contributed by atoms with Crippen LogP contribution < -0.4 is 16.0 Å². The number of H-pyrrole nitrogens is 1. The van der Waals surface area contributed by atoms with E-state index >= 15 is 0 Å². The number of fused-ring (bicyclic) bond motifs is 1. The summed E-state index contributed by atoms with van der Waals surface area (Å²) in [6.07, 6.45) is 9.23. The van der Waals surface area contributed by atoms with Crippen molar-refractivity contribution >= 4 is 28.8 Å². The quantitative estimate of drug-likeness (QED) is 0.112. The maximum Gasteiger partial charge on any atom is 0.239 e. The van der Waals surface area contributed by atoms with Gasteiger partial charge >= 0.3 is 0 Å². The molecule has 2 fully saturated rings. The van der Waals surface area contributed by atoms with Crippen LogP contribution in [0.4, 0.5) is 5.82 Å². The Kier molecular flexibility index (Phi) is 12.3. The Morgan fingerprint density at radius 3 is 2.40 bits per heavy atom. The summed E-state index contributed by atoms with van der Waals surface area (Å²) in [5.74, 6) is 0.356. The molecule has 2 amide bonds. The molecule has 2 aliphatic rings. The molecular formula is C28H45N7O7. The third-order valence-electron chi connectivity index (χ3n) is 7.99. The van der Waals surface area contributed by atoms with Gasteiger partial charge in [-0.05, 0) is 12.3 Å². The van der Waals surface area contributed by atoms with Gasteiger partial charge in [-0.15, -0.1) is 0 Å². The van der Waals surface area contributed by atoms with E-state index in [4.69, 9.17) is 4.74 Å². The number of aromatic amines is 1. The smallest absolute Gasteiger partial charge is 0.239 e. The van der Waals surface area contributed by atoms with E-state index in [1.54, 1.807) is 0 Å². The normalized spacial score (nSPS) is 24.8. The molecule has 14 heteroatoms. The Bertz CT molecular complexity index is 1130. The molecule has 0 aromatic carbocycles.